The first kappa shape index (κ1) is 22.8. The highest BCUT2D eigenvalue weighted by Gasteiger charge is 2.38. The zero-order valence-electron chi connectivity index (χ0n) is 16.9. The molecular formula is C24H22ClF3N2O. The van der Waals surface area contributed by atoms with Crippen LogP contribution in [0.25, 0.3) is 0 Å². The molecule has 0 aliphatic heterocycles. The van der Waals surface area contributed by atoms with Gasteiger partial charge < -0.3 is 5.32 Å². The van der Waals surface area contributed by atoms with E-state index >= 15 is 0 Å². The molecule has 1 unspecified atom stereocenters. The van der Waals surface area contributed by atoms with Crippen LogP contribution in [-0.4, -0.2) is 23.5 Å². The van der Waals surface area contributed by atoms with E-state index in [1.807, 2.05) is 30.3 Å². The third-order valence-corrected chi connectivity index (χ3v) is 5.43. The van der Waals surface area contributed by atoms with Crippen molar-refractivity contribution in [2.45, 2.75) is 37.4 Å². The summed E-state index contributed by atoms with van der Waals surface area (Å²) < 4.78 is 40.5. The van der Waals surface area contributed by atoms with E-state index in [0.29, 0.717) is 34.7 Å². The van der Waals surface area contributed by atoms with Crippen LogP contribution in [0.3, 0.4) is 0 Å². The Morgan fingerprint density at radius 2 is 1.74 bits per heavy atom. The summed E-state index contributed by atoms with van der Waals surface area (Å²) >= 11 is 6.01. The number of nitrogens with zero attached hydrogens (tertiary/aromatic N) is 1. The first-order valence-electron chi connectivity index (χ1n) is 9.70. The van der Waals surface area contributed by atoms with E-state index in [2.05, 4.69) is 10.3 Å². The maximum absolute atomic E-state index is 14.3. The number of carbonyl (C=O) groups is 1. The van der Waals surface area contributed by atoms with Gasteiger partial charge in [0.1, 0.15) is 5.54 Å². The van der Waals surface area contributed by atoms with Gasteiger partial charge in [-0.25, -0.2) is 13.2 Å². The van der Waals surface area contributed by atoms with Crippen molar-refractivity contribution in [1.29, 1.82) is 0 Å². The third-order valence-electron chi connectivity index (χ3n) is 5.21. The average Bonchev–Trinajstić information content (AvgIpc) is 2.74. The van der Waals surface area contributed by atoms with Gasteiger partial charge in [0, 0.05) is 19.0 Å². The van der Waals surface area contributed by atoms with Gasteiger partial charge in [-0.15, -0.1) is 0 Å². The first-order chi connectivity index (χ1) is 14.8. The Morgan fingerprint density at radius 1 is 1.03 bits per heavy atom. The van der Waals surface area contributed by atoms with Gasteiger partial charge in [-0.05, 0) is 35.7 Å². The van der Waals surface area contributed by atoms with Crippen LogP contribution in [0.2, 0.25) is 5.02 Å². The molecule has 3 aromatic rings. The van der Waals surface area contributed by atoms with E-state index in [1.54, 1.807) is 36.4 Å². The summed E-state index contributed by atoms with van der Waals surface area (Å²) in [5.74, 6) is 0. The molecule has 0 aliphatic rings. The summed E-state index contributed by atoms with van der Waals surface area (Å²) in [6.07, 6.45) is -1.19. The van der Waals surface area contributed by atoms with Crippen LogP contribution in [0.5, 0.6) is 0 Å². The topological polar surface area (TPSA) is 42.0 Å². The molecule has 0 fully saturated rings. The van der Waals surface area contributed by atoms with Gasteiger partial charge in [0.2, 0.25) is 6.41 Å². The Morgan fingerprint density at radius 3 is 2.35 bits per heavy atom. The molecule has 3 nitrogen and oxygen atoms in total. The van der Waals surface area contributed by atoms with Crippen LogP contribution in [-0.2, 0) is 23.2 Å². The van der Waals surface area contributed by atoms with Crippen LogP contribution in [0.15, 0.2) is 72.9 Å². The number of rotatable bonds is 9. The van der Waals surface area contributed by atoms with Crippen LogP contribution < -0.4 is 5.32 Å². The van der Waals surface area contributed by atoms with E-state index in [1.165, 1.54) is 6.20 Å². The lowest BCUT2D eigenvalue weighted by Gasteiger charge is -2.34. The van der Waals surface area contributed by atoms with Crippen LogP contribution in [0.4, 0.5) is 13.2 Å². The van der Waals surface area contributed by atoms with Crippen molar-refractivity contribution >= 4 is 18.0 Å². The average molecular weight is 447 g/mol. The highest BCUT2D eigenvalue weighted by molar-refractivity contribution is 6.30. The standard InChI is InChI=1S/C24H22ClF3N2O/c1-23(28,22(26)27)13-18-8-5-9-19(12-18)24(30-16-31,14-17-6-3-2-4-7-17)21-11-10-20(25)15-29-21/h2-12,15-16,22H,13-14H2,1H3,(H,30,31)/t23?,24-/m0/s1. The van der Waals surface area contributed by atoms with Crippen molar-refractivity contribution in [2.24, 2.45) is 0 Å². The van der Waals surface area contributed by atoms with Crippen molar-refractivity contribution in [1.82, 2.24) is 10.3 Å². The summed E-state index contributed by atoms with van der Waals surface area (Å²) in [6, 6.07) is 19.5. The predicted octanol–water partition coefficient (Wildman–Crippen LogP) is 5.50. The monoisotopic (exact) mass is 446 g/mol. The molecule has 7 heteroatoms. The third kappa shape index (κ3) is 5.25. The number of nitrogens with one attached hydrogen (secondary N) is 1. The second kappa shape index (κ2) is 9.52. The molecule has 0 radical (unpaired) electrons. The number of halogens is 4. The molecule has 2 atom stereocenters. The lowest BCUT2D eigenvalue weighted by molar-refractivity contribution is -0.111. The lowest BCUT2D eigenvalue weighted by Crippen LogP contribution is -2.45. The van der Waals surface area contributed by atoms with E-state index in [4.69, 9.17) is 11.6 Å². The van der Waals surface area contributed by atoms with Gasteiger partial charge in [-0.2, -0.15) is 0 Å². The molecular weight excluding hydrogens is 425 g/mol. The van der Waals surface area contributed by atoms with Crippen molar-refractivity contribution in [3.63, 3.8) is 0 Å². The summed E-state index contributed by atoms with van der Waals surface area (Å²) in [4.78, 5) is 16.1. The number of alkyl halides is 3. The largest absolute Gasteiger partial charge is 0.343 e. The minimum Gasteiger partial charge on any atom is -0.343 e. The number of amides is 1. The molecule has 1 amide bonds. The van der Waals surface area contributed by atoms with E-state index in [-0.39, 0.29) is 0 Å². The molecule has 0 bridgehead atoms. The highest BCUT2D eigenvalue weighted by Crippen LogP contribution is 2.34. The predicted molar refractivity (Wildman–Crippen MR) is 115 cm³/mol. The fraction of sp³-hybridized carbons (Fsp3) is 0.250. The fourth-order valence-corrected chi connectivity index (χ4v) is 3.71. The summed E-state index contributed by atoms with van der Waals surface area (Å²) in [5, 5.41) is 3.31. The van der Waals surface area contributed by atoms with Gasteiger partial charge in [0.05, 0.1) is 10.7 Å². The minimum atomic E-state index is -3.11. The summed E-state index contributed by atoms with van der Waals surface area (Å²) in [7, 11) is 0. The van der Waals surface area contributed by atoms with E-state index in [9.17, 15) is 18.0 Å². The Hall–Kier alpha value is -2.86. The van der Waals surface area contributed by atoms with Crippen molar-refractivity contribution in [2.75, 3.05) is 0 Å². The molecule has 0 spiro atoms. The summed E-state index contributed by atoms with van der Waals surface area (Å²) in [5.41, 5.74) is -1.36. The quantitative estimate of drug-likeness (QED) is 0.441. The normalized spacial score (nSPS) is 15.2. The number of carbonyl (C=O) groups excluding carboxylic acids is 1. The number of aromatic nitrogens is 1. The number of hydrogen-bond donors (Lipinski definition) is 1. The fourth-order valence-electron chi connectivity index (χ4n) is 3.60. The Balaban J connectivity index is 2.14. The maximum atomic E-state index is 14.3. The SMILES string of the molecule is CC(F)(Cc1cccc([C@](Cc2ccccc2)(NC=O)c2ccc(Cl)cn2)c1)C(F)F. The number of hydrogen-bond acceptors (Lipinski definition) is 2. The molecule has 0 saturated heterocycles. The number of pyridine rings is 1. The van der Waals surface area contributed by atoms with Crippen molar-refractivity contribution in [3.8, 4) is 0 Å². The molecule has 1 N–H and O–H groups in total. The minimum absolute atomic E-state index is 0.340. The van der Waals surface area contributed by atoms with E-state index < -0.39 is 24.1 Å². The Kier molecular flexibility index (Phi) is 7.01. The van der Waals surface area contributed by atoms with Crippen LogP contribution >= 0.6 is 11.6 Å². The Bertz CT molecular complexity index is 1010. The zero-order chi connectivity index (χ0) is 22.5. The number of benzene rings is 2. The second-order valence-corrected chi connectivity index (χ2v) is 8.08. The highest BCUT2D eigenvalue weighted by atomic mass is 35.5. The van der Waals surface area contributed by atoms with Gasteiger partial charge in [0.25, 0.3) is 6.43 Å². The second-order valence-electron chi connectivity index (χ2n) is 7.65. The lowest BCUT2D eigenvalue weighted by atomic mass is 9.79. The molecule has 3 rings (SSSR count). The van der Waals surface area contributed by atoms with E-state index in [0.717, 1.165) is 12.5 Å². The van der Waals surface area contributed by atoms with Gasteiger partial charge in [-0.3, -0.25) is 9.78 Å². The molecule has 1 aromatic heterocycles. The van der Waals surface area contributed by atoms with Gasteiger partial charge >= 0.3 is 0 Å². The van der Waals surface area contributed by atoms with Gasteiger partial charge in [0.15, 0.2) is 5.67 Å². The van der Waals surface area contributed by atoms with Crippen molar-refractivity contribution in [3.05, 3.63) is 100 Å². The zero-order valence-corrected chi connectivity index (χ0v) is 17.6. The van der Waals surface area contributed by atoms with Crippen LogP contribution in [0, 0.1) is 0 Å². The maximum Gasteiger partial charge on any atom is 0.272 e. The van der Waals surface area contributed by atoms with Crippen molar-refractivity contribution < 1.29 is 18.0 Å². The molecule has 162 valence electrons. The molecule has 0 saturated carbocycles. The molecule has 0 aliphatic carbocycles. The smallest absolute Gasteiger partial charge is 0.272 e. The Labute approximate surface area is 184 Å². The first-order valence-corrected chi connectivity index (χ1v) is 10.1. The molecule has 31 heavy (non-hydrogen) atoms. The summed E-state index contributed by atoms with van der Waals surface area (Å²) in [6.45, 7) is 0.881. The molecule has 1 heterocycles. The van der Waals surface area contributed by atoms with Gasteiger partial charge in [-0.1, -0.05) is 66.2 Å². The van der Waals surface area contributed by atoms with Crippen LogP contribution in [0.1, 0.15) is 29.3 Å². The molecule has 2 aromatic carbocycles.